The number of hydrogen-bond acceptors (Lipinski definition) is 1. The fourth-order valence-electron chi connectivity index (χ4n) is 1.10. The molecule has 10 heavy (non-hydrogen) atoms. The second-order valence-corrected chi connectivity index (χ2v) is 3.03. The predicted octanol–water partition coefficient (Wildman–Crippen LogP) is 2.27. The quantitative estimate of drug-likeness (QED) is 0.572. The van der Waals surface area contributed by atoms with Gasteiger partial charge in [-0.3, -0.25) is 4.98 Å². The lowest BCUT2D eigenvalue weighted by molar-refractivity contribution is 1.01. The topological polar surface area (TPSA) is 12.9 Å². The molecule has 0 atom stereocenters. The van der Waals surface area contributed by atoms with Crippen LogP contribution in [0.15, 0.2) is 18.3 Å². The zero-order chi connectivity index (χ0) is 6.97. The lowest BCUT2D eigenvalue weighted by Gasteiger charge is -1.95. The second-order valence-electron chi connectivity index (χ2n) is 3.03. The van der Waals surface area contributed by atoms with E-state index < -0.39 is 0 Å². The average Bonchev–Trinajstić information content (AvgIpc) is 2.71. The van der Waals surface area contributed by atoms with E-state index in [2.05, 4.69) is 24.0 Å². The van der Waals surface area contributed by atoms with Crippen LogP contribution in [0, 0.1) is 6.92 Å². The largest absolute Gasteiger partial charge is 0.261 e. The van der Waals surface area contributed by atoms with Gasteiger partial charge in [0, 0.05) is 17.8 Å². The van der Waals surface area contributed by atoms with E-state index in [-0.39, 0.29) is 0 Å². The molecule has 2 rings (SSSR count). The van der Waals surface area contributed by atoms with Gasteiger partial charge < -0.3 is 0 Å². The minimum atomic E-state index is 0.792. The van der Waals surface area contributed by atoms with E-state index in [0.29, 0.717) is 0 Å². The monoisotopic (exact) mass is 133 g/mol. The van der Waals surface area contributed by atoms with Gasteiger partial charge in [0.05, 0.1) is 0 Å². The molecule has 1 aliphatic carbocycles. The smallest absolute Gasteiger partial charge is 0.0434 e. The molecule has 1 aliphatic rings. The van der Waals surface area contributed by atoms with Crippen molar-refractivity contribution in [2.45, 2.75) is 25.7 Å². The summed E-state index contributed by atoms with van der Waals surface area (Å²) >= 11 is 0. The Morgan fingerprint density at radius 2 is 2.20 bits per heavy atom. The highest BCUT2D eigenvalue weighted by atomic mass is 14.7. The third kappa shape index (κ3) is 1.04. The van der Waals surface area contributed by atoms with Gasteiger partial charge in [0.25, 0.3) is 0 Å². The van der Waals surface area contributed by atoms with E-state index >= 15 is 0 Å². The Labute approximate surface area is 61.1 Å². The van der Waals surface area contributed by atoms with E-state index in [1.54, 1.807) is 0 Å². The summed E-state index contributed by atoms with van der Waals surface area (Å²) in [5.41, 5.74) is 2.54. The van der Waals surface area contributed by atoms with Gasteiger partial charge in [-0.15, -0.1) is 0 Å². The van der Waals surface area contributed by atoms with Crippen molar-refractivity contribution in [1.82, 2.24) is 4.98 Å². The van der Waals surface area contributed by atoms with E-state index in [1.165, 1.54) is 24.1 Å². The summed E-state index contributed by atoms with van der Waals surface area (Å²) in [4.78, 5) is 4.34. The summed E-state index contributed by atoms with van der Waals surface area (Å²) < 4.78 is 0. The summed E-state index contributed by atoms with van der Waals surface area (Å²) in [6.45, 7) is 2.07. The molecule has 0 N–H and O–H groups in total. The number of nitrogens with zero attached hydrogens (tertiary/aromatic N) is 1. The highest BCUT2D eigenvalue weighted by Gasteiger charge is 2.24. The van der Waals surface area contributed by atoms with Crippen LogP contribution in [0.5, 0.6) is 0 Å². The number of hydrogen-bond donors (Lipinski definition) is 0. The average molecular weight is 133 g/mol. The Kier molecular flexibility index (Phi) is 1.23. The molecule has 0 bridgehead atoms. The SMILES string of the molecule is Cc1ccc(C2CC2)nc1. The highest BCUT2D eigenvalue weighted by molar-refractivity contribution is 5.18. The fourth-order valence-corrected chi connectivity index (χ4v) is 1.10. The van der Waals surface area contributed by atoms with Crippen molar-refractivity contribution < 1.29 is 0 Å². The van der Waals surface area contributed by atoms with Gasteiger partial charge in [-0.1, -0.05) is 6.07 Å². The number of pyridine rings is 1. The van der Waals surface area contributed by atoms with Crippen LogP contribution in [-0.2, 0) is 0 Å². The molecule has 52 valence electrons. The first-order valence-electron chi connectivity index (χ1n) is 3.79. The molecule has 0 aliphatic heterocycles. The second kappa shape index (κ2) is 2.08. The highest BCUT2D eigenvalue weighted by Crippen LogP contribution is 2.38. The Morgan fingerprint density at radius 1 is 1.40 bits per heavy atom. The van der Waals surface area contributed by atoms with Gasteiger partial charge in [0.2, 0.25) is 0 Å². The molecular weight excluding hydrogens is 122 g/mol. The number of aryl methyl sites for hydroxylation is 1. The molecule has 0 aromatic carbocycles. The van der Waals surface area contributed by atoms with Crippen molar-refractivity contribution in [3.63, 3.8) is 0 Å². The molecule has 1 aromatic heterocycles. The molecular formula is C9H11N. The standard InChI is InChI=1S/C9H11N/c1-7-2-5-9(10-6-7)8-3-4-8/h2,5-6,8H,3-4H2,1H3. The van der Waals surface area contributed by atoms with Gasteiger partial charge in [-0.2, -0.15) is 0 Å². The zero-order valence-electron chi connectivity index (χ0n) is 6.17. The fraction of sp³-hybridized carbons (Fsp3) is 0.444. The van der Waals surface area contributed by atoms with Crippen LogP contribution in [0.2, 0.25) is 0 Å². The lowest BCUT2D eigenvalue weighted by atomic mass is 10.2. The van der Waals surface area contributed by atoms with Gasteiger partial charge in [-0.05, 0) is 31.4 Å². The molecule has 0 amide bonds. The van der Waals surface area contributed by atoms with E-state index in [0.717, 1.165) is 5.92 Å². The maximum absolute atomic E-state index is 4.34. The summed E-state index contributed by atoms with van der Waals surface area (Å²) in [7, 11) is 0. The third-order valence-corrected chi connectivity index (χ3v) is 1.93. The molecule has 1 heteroatoms. The Bertz CT molecular complexity index is 221. The molecule has 1 heterocycles. The summed E-state index contributed by atoms with van der Waals surface area (Å²) in [6.07, 6.45) is 4.64. The van der Waals surface area contributed by atoms with Crippen molar-refractivity contribution in [3.05, 3.63) is 29.6 Å². The summed E-state index contributed by atoms with van der Waals surface area (Å²) in [5, 5.41) is 0. The number of aromatic nitrogens is 1. The Morgan fingerprint density at radius 3 is 2.70 bits per heavy atom. The first-order valence-corrected chi connectivity index (χ1v) is 3.79. The van der Waals surface area contributed by atoms with E-state index in [9.17, 15) is 0 Å². The normalized spacial score (nSPS) is 17.3. The minimum Gasteiger partial charge on any atom is -0.261 e. The first-order chi connectivity index (χ1) is 4.86. The molecule has 1 nitrogen and oxygen atoms in total. The zero-order valence-corrected chi connectivity index (χ0v) is 6.17. The van der Waals surface area contributed by atoms with Crippen LogP contribution in [0.25, 0.3) is 0 Å². The van der Waals surface area contributed by atoms with E-state index in [4.69, 9.17) is 0 Å². The molecule has 1 saturated carbocycles. The lowest BCUT2D eigenvalue weighted by Crippen LogP contribution is -1.84. The van der Waals surface area contributed by atoms with Crippen LogP contribution in [0.4, 0.5) is 0 Å². The molecule has 0 spiro atoms. The van der Waals surface area contributed by atoms with Crippen LogP contribution >= 0.6 is 0 Å². The summed E-state index contributed by atoms with van der Waals surface area (Å²) in [6, 6.07) is 4.29. The Hall–Kier alpha value is -0.850. The van der Waals surface area contributed by atoms with Crippen LogP contribution in [0.1, 0.15) is 30.0 Å². The minimum absolute atomic E-state index is 0.792. The van der Waals surface area contributed by atoms with Gasteiger partial charge in [0.1, 0.15) is 0 Å². The molecule has 1 aromatic rings. The molecule has 1 fully saturated rings. The van der Waals surface area contributed by atoms with Gasteiger partial charge in [0.15, 0.2) is 0 Å². The molecule has 0 radical (unpaired) electrons. The summed E-state index contributed by atoms with van der Waals surface area (Å²) in [5.74, 6) is 0.792. The Balaban J connectivity index is 2.28. The van der Waals surface area contributed by atoms with Crippen molar-refractivity contribution in [1.29, 1.82) is 0 Å². The predicted molar refractivity (Wildman–Crippen MR) is 40.9 cm³/mol. The molecule has 0 unspecified atom stereocenters. The maximum atomic E-state index is 4.34. The van der Waals surface area contributed by atoms with Crippen LogP contribution in [-0.4, -0.2) is 4.98 Å². The van der Waals surface area contributed by atoms with Crippen molar-refractivity contribution in [2.75, 3.05) is 0 Å². The number of rotatable bonds is 1. The first kappa shape index (κ1) is 5.90. The van der Waals surface area contributed by atoms with E-state index in [1.807, 2.05) is 6.20 Å². The third-order valence-electron chi connectivity index (χ3n) is 1.93. The molecule has 0 saturated heterocycles. The van der Waals surface area contributed by atoms with Crippen LogP contribution < -0.4 is 0 Å². The van der Waals surface area contributed by atoms with Crippen LogP contribution in [0.3, 0.4) is 0 Å². The van der Waals surface area contributed by atoms with Crippen molar-refractivity contribution in [3.8, 4) is 0 Å². The van der Waals surface area contributed by atoms with Crippen molar-refractivity contribution >= 4 is 0 Å². The van der Waals surface area contributed by atoms with Crippen molar-refractivity contribution in [2.24, 2.45) is 0 Å². The van der Waals surface area contributed by atoms with Gasteiger partial charge >= 0.3 is 0 Å². The maximum Gasteiger partial charge on any atom is 0.0434 e. The van der Waals surface area contributed by atoms with Gasteiger partial charge in [-0.25, -0.2) is 0 Å².